The van der Waals surface area contributed by atoms with Crippen molar-refractivity contribution < 1.29 is 14.5 Å². The van der Waals surface area contributed by atoms with Crippen LogP contribution in [-0.2, 0) is 9.57 Å². The van der Waals surface area contributed by atoms with Crippen LogP contribution in [0, 0.1) is 5.21 Å². The molecule has 0 unspecified atom stereocenters. The Bertz CT molecular complexity index is 169. The zero-order valence-corrected chi connectivity index (χ0v) is 7.60. The fourth-order valence-electron chi connectivity index (χ4n) is 1.00. The molecule has 0 aromatic carbocycles. The van der Waals surface area contributed by atoms with Crippen LogP contribution in [0.15, 0.2) is 5.28 Å². The van der Waals surface area contributed by atoms with E-state index in [0.29, 0.717) is 18.1 Å². The topological polar surface area (TPSA) is 72.2 Å². The molecule has 0 radical (unpaired) electrons. The van der Waals surface area contributed by atoms with Crippen LogP contribution in [0.2, 0.25) is 0 Å². The first kappa shape index (κ1) is 10.0. The number of hydrazine groups is 1. The molecular formula is C6H14N4O3. The summed E-state index contributed by atoms with van der Waals surface area (Å²) in [7, 11) is 1.47. The highest BCUT2D eigenvalue weighted by molar-refractivity contribution is 4.58. The molecule has 76 valence electrons. The van der Waals surface area contributed by atoms with Crippen LogP contribution in [0.5, 0.6) is 0 Å². The van der Waals surface area contributed by atoms with Gasteiger partial charge in [-0.05, 0) is 0 Å². The minimum Gasteiger partial charge on any atom is -0.569 e. The summed E-state index contributed by atoms with van der Waals surface area (Å²) in [5.74, 6) is 0. The van der Waals surface area contributed by atoms with Crippen molar-refractivity contribution in [1.29, 1.82) is 0 Å². The second-order valence-corrected chi connectivity index (χ2v) is 2.57. The van der Waals surface area contributed by atoms with E-state index >= 15 is 0 Å². The van der Waals surface area contributed by atoms with Gasteiger partial charge in [-0.25, -0.2) is 0 Å². The lowest BCUT2D eigenvalue weighted by Gasteiger charge is -2.22. The van der Waals surface area contributed by atoms with E-state index in [1.165, 1.54) is 7.11 Å². The average Bonchev–Trinajstić information content (AvgIpc) is 2.19. The maximum Gasteiger partial charge on any atom is 0.235 e. The van der Waals surface area contributed by atoms with Gasteiger partial charge < -0.3 is 20.1 Å². The van der Waals surface area contributed by atoms with Crippen molar-refractivity contribution in [2.75, 3.05) is 40.1 Å². The van der Waals surface area contributed by atoms with E-state index in [1.54, 1.807) is 5.01 Å². The SMILES string of the molecule is COCO/N=[N+](/[O-])N1CCNCC1. The monoisotopic (exact) mass is 190 g/mol. The highest BCUT2D eigenvalue weighted by atomic mass is 16.8. The van der Waals surface area contributed by atoms with E-state index in [9.17, 15) is 5.21 Å². The molecular weight excluding hydrogens is 176 g/mol. The maximum atomic E-state index is 11.1. The molecule has 0 amide bonds. The van der Waals surface area contributed by atoms with Crippen molar-refractivity contribution in [1.82, 2.24) is 10.3 Å². The molecule has 1 saturated heterocycles. The van der Waals surface area contributed by atoms with Gasteiger partial charge in [0.2, 0.25) is 12.1 Å². The molecule has 1 N–H and O–H groups in total. The van der Waals surface area contributed by atoms with Crippen LogP contribution in [0.4, 0.5) is 0 Å². The molecule has 0 aliphatic carbocycles. The standard InChI is InChI=1S/C6H14N4O3/c1-12-6-13-8-10(11)9-4-2-7-3-5-9/h7H,2-6H2,1H3/b10-8+. The average molecular weight is 190 g/mol. The predicted octanol–water partition coefficient (Wildman–Crippen LogP) is -0.695. The Labute approximate surface area is 76.4 Å². The Morgan fingerprint density at radius 2 is 2.23 bits per heavy atom. The van der Waals surface area contributed by atoms with E-state index in [0.717, 1.165) is 13.1 Å². The van der Waals surface area contributed by atoms with Crippen molar-refractivity contribution in [3.63, 3.8) is 0 Å². The van der Waals surface area contributed by atoms with Crippen molar-refractivity contribution in [2.24, 2.45) is 5.28 Å². The zero-order valence-electron chi connectivity index (χ0n) is 7.60. The summed E-state index contributed by atoms with van der Waals surface area (Å²) in [5, 5.41) is 19.1. The first-order valence-electron chi connectivity index (χ1n) is 4.09. The Kier molecular flexibility index (Phi) is 4.27. The summed E-state index contributed by atoms with van der Waals surface area (Å²) < 4.78 is 4.57. The van der Waals surface area contributed by atoms with Gasteiger partial charge in [0.15, 0.2) is 0 Å². The highest BCUT2D eigenvalue weighted by Gasteiger charge is 2.15. The molecule has 0 saturated carbocycles. The number of hydrogen-bond donors (Lipinski definition) is 1. The van der Waals surface area contributed by atoms with Gasteiger partial charge in [-0.3, -0.25) is 0 Å². The number of nitrogens with zero attached hydrogens (tertiary/aromatic N) is 3. The summed E-state index contributed by atoms with van der Waals surface area (Å²) in [6, 6.07) is 0. The van der Waals surface area contributed by atoms with Crippen LogP contribution >= 0.6 is 0 Å². The first-order valence-corrected chi connectivity index (χ1v) is 4.09. The Morgan fingerprint density at radius 1 is 1.54 bits per heavy atom. The third kappa shape index (κ3) is 3.43. The number of piperazine rings is 1. The summed E-state index contributed by atoms with van der Waals surface area (Å²) in [4.78, 5) is 5.01. The van der Waals surface area contributed by atoms with E-state index in [2.05, 4.69) is 20.2 Å². The van der Waals surface area contributed by atoms with Gasteiger partial charge in [-0.15, -0.1) is 5.01 Å². The molecule has 0 aromatic rings. The second-order valence-electron chi connectivity index (χ2n) is 2.57. The van der Waals surface area contributed by atoms with Crippen LogP contribution in [0.3, 0.4) is 0 Å². The number of rotatable bonds is 4. The number of methoxy groups -OCH3 is 1. The predicted molar refractivity (Wildman–Crippen MR) is 43.5 cm³/mol. The molecule has 1 aliphatic rings. The summed E-state index contributed by atoms with van der Waals surface area (Å²) >= 11 is 0. The maximum absolute atomic E-state index is 11.1. The van der Waals surface area contributed by atoms with Crippen LogP contribution in [-0.4, -0.2) is 50.1 Å². The van der Waals surface area contributed by atoms with Gasteiger partial charge in [0.25, 0.3) is 0 Å². The fraction of sp³-hybridized carbons (Fsp3) is 1.00. The fourth-order valence-corrected chi connectivity index (χ4v) is 1.00. The van der Waals surface area contributed by atoms with Gasteiger partial charge in [0, 0.05) is 20.2 Å². The van der Waals surface area contributed by atoms with E-state index in [4.69, 9.17) is 0 Å². The summed E-state index contributed by atoms with van der Waals surface area (Å²) in [5.41, 5.74) is 0. The van der Waals surface area contributed by atoms with Gasteiger partial charge in [0.1, 0.15) is 0 Å². The van der Waals surface area contributed by atoms with Crippen molar-refractivity contribution >= 4 is 0 Å². The second kappa shape index (κ2) is 5.55. The van der Waals surface area contributed by atoms with Crippen molar-refractivity contribution in [3.8, 4) is 0 Å². The Hall–Kier alpha value is -1.08. The van der Waals surface area contributed by atoms with E-state index in [-0.39, 0.29) is 6.79 Å². The molecule has 7 nitrogen and oxygen atoms in total. The summed E-state index contributed by atoms with van der Waals surface area (Å²) in [6.45, 7) is 2.86. The third-order valence-electron chi connectivity index (χ3n) is 1.63. The third-order valence-corrected chi connectivity index (χ3v) is 1.63. The van der Waals surface area contributed by atoms with Crippen LogP contribution < -0.4 is 5.32 Å². The van der Waals surface area contributed by atoms with Crippen LogP contribution in [0.1, 0.15) is 0 Å². The quantitative estimate of drug-likeness (QED) is 0.209. The molecule has 13 heavy (non-hydrogen) atoms. The van der Waals surface area contributed by atoms with E-state index < -0.39 is 0 Å². The highest BCUT2D eigenvalue weighted by Crippen LogP contribution is 1.93. The van der Waals surface area contributed by atoms with Gasteiger partial charge in [-0.2, -0.15) is 0 Å². The largest absolute Gasteiger partial charge is 0.569 e. The van der Waals surface area contributed by atoms with Crippen molar-refractivity contribution in [3.05, 3.63) is 5.21 Å². The molecule has 0 aromatic heterocycles. The van der Waals surface area contributed by atoms with Gasteiger partial charge in [0.05, 0.1) is 18.1 Å². The molecule has 1 rings (SSSR count). The van der Waals surface area contributed by atoms with E-state index in [1.807, 2.05) is 0 Å². The zero-order chi connectivity index (χ0) is 9.52. The smallest absolute Gasteiger partial charge is 0.235 e. The summed E-state index contributed by atoms with van der Waals surface area (Å²) in [6.07, 6.45) is 0. The molecule has 0 atom stereocenters. The molecule has 1 heterocycles. The lowest BCUT2D eigenvalue weighted by molar-refractivity contribution is -0.712. The Morgan fingerprint density at radius 3 is 2.85 bits per heavy atom. The molecule has 1 fully saturated rings. The molecule has 0 bridgehead atoms. The molecule has 1 aliphatic heterocycles. The Balaban J connectivity index is 2.27. The lowest BCUT2D eigenvalue weighted by atomic mass is 10.4. The number of ether oxygens (including phenoxy) is 1. The molecule has 7 heteroatoms. The van der Waals surface area contributed by atoms with Crippen molar-refractivity contribution in [2.45, 2.75) is 0 Å². The number of nitrogens with one attached hydrogen (secondary N) is 1. The minimum absolute atomic E-state index is 0.00910. The number of hydrogen-bond acceptors (Lipinski definition) is 5. The van der Waals surface area contributed by atoms with Crippen LogP contribution in [0.25, 0.3) is 0 Å². The lowest BCUT2D eigenvalue weighted by Crippen LogP contribution is -2.46. The first-order chi connectivity index (χ1) is 6.34. The normalized spacial score (nSPS) is 18.8. The van der Waals surface area contributed by atoms with Gasteiger partial charge in [-0.1, -0.05) is 0 Å². The minimum atomic E-state index is -0.00910. The molecule has 0 spiro atoms. The van der Waals surface area contributed by atoms with Gasteiger partial charge >= 0.3 is 0 Å².